The predicted molar refractivity (Wildman–Crippen MR) is 76.4 cm³/mol. The van der Waals surface area contributed by atoms with E-state index in [1.807, 2.05) is 18.2 Å². The number of benzene rings is 2. The second-order valence-corrected chi connectivity index (χ2v) is 4.61. The molecule has 20 heavy (non-hydrogen) atoms. The van der Waals surface area contributed by atoms with Crippen LogP contribution in [-0.2, 0) is 6.42 Å². The molecule has 0 amide bonds. The molecule has 104 valence electrons. The van der Waals surface area contributed by atoms with Crippen LogP contribution in [0.15, 0.2) is 48.5 Å². The van der Waals surface area contributed by atoms with Crippen molar-refractivity contribution in [2.75, 3.05) is 0 Å². The zero-order chi connectivity index (χ0) is 14.4. The molecule has 2 aromatic carbocycles. The van der Waals surface area contributed by atoms with Gasteiger partial charge in [-0.1, -0.05) is 31.5 Å². The van der Waals surface area contributed by atoms with Crippen LogP contribution >= 0.6 is 0 Å². The molecule has 0 aromatic heterocycles. The Labute approximate surface area is 118 Å². The lowest BCUT2D eigenvalue weighted by atomic mass is 10.1. The van der Waals surface area contributed by atoms with Crippen molar-refractivity contribution >= 4 is 5.97 Å². The van der Waals surface area contributed by atoms with Gasteiger partial charge in [-0.2, -0.15) is 0 Å². The SMILES string of the molecule is CCCCc1ccccc1OC(=O)c1ccc(F)cc1. The third-order valence-corrected chi connectivity index (χ3v) is 3.05. The number of carbonyl (C=O) groups is 1. The first-order valence-electron chi connectivity index (χ1n) is 6.76. The summed E-state index contributed by atoms with van der Waals surface area (Å²) >= 11 is 0. The molecule has 0 bridgehead atoms. The highest BCUT2D eigenvalue weighted by Gasteiger charge is 2.11. The third kappa shape index (κ3) is 3.67. The molecule has 0 unspecified atom stereocenters. The van der Waals surface area contributed by atoms with Crippen molar-refractivity contribution in [3.8, 4) is 5.75 Å². The van der Waals surface area contributed by atoms with Crippen molar-refractivity contribution in [3.05, 3.63) is 65.5 Å². The molecule has 2 aromatic rings. The first-order chi connectivity index (χ1) is 9.70. The summed E-state index contributed by atoms with van der Waals surface area (Å²) < 4.78 is 18.2. The fraction of sp³-hybridized carbons (Fsp3) is 0.235. The van der Waals surface area contributed by atoms with E-state index in [1.54, 1.807) is 6.07 Å². The maximum Gasteiger partial charge on any atom is 0.343 e. The number of unbranched alkanes of at least 4 members (excludes halogenated alkanes) is 1. The topological polar surface area (TPSA) is 26.3 Å². The molecule has 0 N–H and O–H groups in total. The van der Waals surface area contributed by atoms with Gasteiger partial charge in [0.25, 0.3) is 0 Å². The summed E-state index contributed by atoms with van der Waals surface area (Å²) in [6.07, 6.45) is 3.01. The summed E-state index contributed by atoms with van der Waals surface area (Å²) in [4.78, 5) is 12.0. The van der Waals surface area contributed by atoms with E-state index in [0.29, 0.717) is 11.3 Å². The monoisotopic (exact) mass is 272 g/mol. The molecular weight excluding hydrogens is 255 g/mol. The largest absolute Gasteiger partial charge is 0.423 e. The summed E-state index contributed by atoms with van der Waals surface area (Å²) in [5.41, 5.74) is 1.36. The van der Waals surface area contributed by atoms with Crippen molar-refractivity contribution in [2.24, 2.45) is 0 Å². The van der Waals surface area contributed by atoms with E-state index in [0.717, 1.165) is 24.8 Å². The molecule has 0 saturated carbocycles. The van der Waals surface area contributed by atoms with E-state index >= 15 is 0 Å². The molecule has 0 atom stereocenters. The maximum atomic E-state index is 12.8. The number of carbonyl (C=O) groups excluding carboxylic acids is 1. The second kappa shape index (κ2) is 6.85. The number of hydrogen-bond acceptors (Lipinski definition) is 2. The number of ether oxygens (including phenoxy) is 1. The van der Waals surface area contributed by atoms with Crippen LogP contribution in [0.4, 0.5) is 4.39 Å². The molecule has 0 heterocycles. The second-order valence-electron chi connectivity index (χ2n) is 4.61. The molecule has 2 rings (SSSR count). The Kier molecular flexibility index (Phi) is 4.88. The zero-order valence-electron chi connectivity index (χ0n) is 11.4. The number of hydrogen-bond donors (Lipinski definition) is 0. The lowest BCUT2D eigenvalue weighted by molar-refractivity contribution is 0.0733. The minimum absolute atomic E-state index is 0.344. The molecule has 3 heteroatoms. The van der Waals surface area contributed by atoms with E-state index in [1.165, 1.54) is 24.3 Å². The molecule has 0 spiro atoms. The van der Waals surface area contributed by atoms with Crippen molar-refractivity contribution < 1.29 is 13.9 Å². The van der Waals surface area contributed by atoms with Crippen LogP contribution < -0.4 is 4.74 Å². The van der Waals surface area contributed by atoms with Crippen LogP contribution in [0, 0.1) is 5.82 Å². The quantitative estimate of drug-likeness (QED) is 0.596. The first-order valence-corrected chi connectivity index (χ1v) is 6.76. The van der Waals surface area contributed by atoms with Gasteiger partial charge in [0, 0.05) is 0 Å². The predicted octanol–water partition coefficient (Wildman–Crippen LogP) is 4.39. The Morgan fingerprint density at radius 1 is 1.10 bits per heavy atom. The summed E-state index contributed by atoms with van der Waals surface area (Å²) in [6.45, 7) is 2.12. The van der Waals surface area contributed by atoms with Crippen LogP contribution in [0.5, 0.6) is 5.75 Å². The van der Waals surface area contributed by atoms with Crippen LogP contribution in [0.3, 0.4) is 0 Å². The average molecular weight is 272 g/mol. The fourth-order valence-corrected chi connectivity index (χ4v) is 1.92. The number of rotatable bonds is 5. The Morgan fingerprint density at radius 3 is 2.50 bits per heavy atom. The number of halogens is 1. The standard InChI is InChI=1S/C17H17FO2/c1-2-3-6-13-7-4-5-8-16(13)20-17(19)14-9-11-15(18)12-10-14/h4-5,7-12H,2-3,6H2,1H3. The van der Waals surface area contributed by atoms with Crippen molar-refractivity contribution in [1.82, 2.24) is 0 Å². The van der Waals surface area contributed by atoms with Gasteiger partial charge in [0.1, 0.15) is 11.6 Å². The van der Waals surface area contributed by atoms with Crippen molar-refractivity contribution in [2.45, 2.75) is 26.2 Å². The smallest absolute Gasteiger partial charge is 0.343 e. The number of para-hydroxylation sites is 1. The average Bonchev–Trinajstić information content (AvgIpc) is 2.47. The van der Waals surface area contributed by atoms with Crippen LogP contribution in [0.2, 0.25) is 0 Å². The van der Waals surface area contributed by atoms with Crippen molar-refractivity contribution in [3.63, 3.8) is 0 Å². The van der Waals surface area contributed by atoms with Gasteiger partial charge >= 0.3 is 5.97 Å². The first kappa shape index (κ1) is 14.3. The lowest BCUT2D eigenvalue weighted by Gasteiger charge is -2.09. The molecule has 0 saturated heterocycles. The van der Waals surface area contributed by atoms with Crippen LogP contribution in [0.25, 0.3) is 0 Å². The summed E-state index contributed by atoms with van der Waals surface area (Å²) in [6, 6.07) is 12.9. The molecule has 0 fully saturated rings. The van der Waals surface area contributed by atoms with Crippen LogP contribution in [0.1, 0.15) is 35.7 Å². The Hall–Kier alpha value is -2.16. The van der Waals surface area contributed by atoms with Gasteiger partial charge in [-0.3, -0.25) is 0 Å². The van der Waals surface area contributed by atoms with E-state index in [4.69, 9.17) is 4.74 Å². The molecule has 0 aliphatic heterocycles. The lowest BCUT2D eigenvalue weighted by Crippen LogP contribution is -2.09. The van der Waals surface area contributed by atoms with Gasteiger partial charge in [0.2, 0.25) is 0 Å². The molecule has 0 aliphatic rings. The Morgan fingerprint density at radius 2 is 1.80 bits per heavy atom. The van der Waals surface area contributed by atoms with Crippen molar-refractivity contribution in [1.29, 1.82) is 0 Å². The minimum atomic E-state index is -0.464. The maximum absolute atomic E-state index is 12.8. The van der Waals surface area contributed by atoms with Gasteiger partial charge in [-0.15, -0.1) is 0 Å². The third-order valence-electron chi connectivity index (χ3n) is 3.05. The van der Waals surface area contributed by atoms with Gasteiger partial charge in [-0.05, 0) is 48.7 Å². The highest BCUT2D eigenvalue weighted by molar-refractivity contribution is 5.91. The highest BCUT2D eigenvalue weighted by Crippen LogP contribution is 2.21. The van der Waals surface area contributed by atoms with Gasteiger partial charge < -0.3 is 4.74 Å². The van der Waals surface area contributed by atoms with E-state index < -0.39 is 5.97 Å². The van der Waals surface area contributed by atoms with Gasteiger partial charge in [0.15, 0.2) is 0 Å². The van der Waals surface area contributed by atoms with Gasteiger partial charge in [0.05, 0.1) is 5.56 Å². The van der Waals surface area contributed by atoms with Gasteiger partial charge in [-0.25, -0.2) is 9.18 Å². The highest BCUT2D eigenvalue weighted by atomic mass is 19.1. The van der Waals surface area contributed by atoms with E-state index in [-0.39, 0.29) is 5.82 Å². The Balaban J connectivity index is 2.13. The molecule has 0 radical (unpaired) electrons. The summed E-state index contributed by atoms with van der Waals surface area (Å²) in [5, 5.41) is 0. The molecule has 0 aliphatic carbocycles. The fourth-order valence-electron chi connectivity index (χ4n) is 1.92. The molecule has 2 nitrogen and oxygen atoms in total. The summed E-state index contributed by atoms with van der Waals surface area (Å²) in [7, 11) is 0. The zero-order valence-corrected chi connectivity index (χ0v) is 11.4. The minimum Gasteiger partial charge on any atom is -0.423 e. The van der Waals surface area contributed by atoms with Crippen LogP contribution in [-0.4, -0.2) is 5.97 Å². The number of esters is 1. The molecular formula is C17H17FO2. The Bertz CT molecular complexity index is 576. The number of aryl methyl sites for hydroxylation is 1. The summed E-state index contributed by atoms with van der Waals surface area (Å²) in [5.74, 6) is -0.255. The van der Waals surface area contributed by atoms with E-state index in [2.05, 4.69) is 6.92 Å². The normalized spacial score (nSPS) is 10.3. The van der Waals surface area contributed by atoms with E-state index in [9.17, 15) is 9.18 Å².